The summed E-state index contributed by atoms with van der Waals surface area (Å²) in [6, 6.07) is 17.1. The third-order valence-corrected chi connectivity index (χ3v) is 3.13. The van der Waals surface area contributed by atoms with E-state index in [1.165, 1.54) is 0 Å². The van der Waals surface area contributed by atoms with Crippen molar-refractivity contribution < 1.29 is 19.1 Å². The van der Waals surface area contributed by atoms with Crippen LogP contribution in [0.15, 0.2) is 67.3 Å². The Balaban J connectivity index is 1.94. The number of ether oxygens (including phenoxy) is 2. The Labute approximate surface area is 135 Å². The second-order valence-corrected chi connectivity index (χ2v) is 4.81. The molecule has 0 saturated carbocycles. The van der Waals surface area contributed by atoms with Crippen LogP contribution in [0.2, 0.25) is 0 Å². The lowest BCUT2D eigenvalue weighted by Gasteiger charge is -2.10. The topological polar surface area (TPSA) is 52.6 Å². The van der Waals surface area contributed by atoms with Crippen molar-refractivity contribution in [2.45, 2.75) is 12.8 Å². The van der Waals surface area contributed by atoms with Crippen molar-refractivity contribution in [3.63, 3.8) is 0 Å². The minimum atomic E-state index is -0.493. The average molecular weight is 310 g/mol. The molecule has 0 N–H and O–H groups in total. The highest BCUT2D eigenvalue weighted by molar-refractivity contribution is 5.81. The molecule has 0 aliphatic heterocycles. The highest BCUT2D eigenvalue weighted by Crippen LogP contribution is 2.29. The number of benzene rings is 2. The third kappa shape index (κ3) is 5.11. The first-order chi connectivity index (χ1) is 11.2. The van der Waals surface area contributed by atoms with Gasteiger partial charge in [0, 0.05) is 18.1 Å². The highest BCUT2D eigenvalue weighted by atomic mass is 16.5. The molecule has 0 saturated heterocycles. The average Bonchev–Trinajstić information content (AvgIpc) is 2.59. The summed E-state index contributed by atoms with van der Waals surface area (Å²) in [5.74, 6) is -0.331. The second-order valence-electron chi connectivity index (χ2n) is 4.81. The maximum Gasteiger partial charge on any atom is 0.330 e. The first-order valence-electron chi connectivity index (χ1n) is 7.35. The quantitative estimate of drug-likeness (QED) is 0.338. The van der Waals surface area contributed by atoms with Gasteiger partial charge in [0.05, 0.1) is 6.61 Å². The number of para-hydroxylation sites is 1. The zero-order chi connectivity index (χ0) is 16.5. The van der Waals surface area contributed by atoms with Gasteiger partial charge in [-0.05, 0) is 18.1 Å². The number of carbonyl (C=O) groups excluding carboxylic acids is 2. The lowest BCUT2D eigenvalue weighted by molar-refractivity contribution is -0.140. The monoisotopic (exact) mass is 310 g/mol. The molecule has 0 radical (unpaired) electrons. The molecule has 0 aromatic heterocycles. The standard InChI is InChI=1S/C19H18O4/c1-2-18(20)22-14-8-13-19(21)23-17-12-7-6-11-16(17)15-9-4-3-5-10-15/h2-7,9-12H,1,8,13-14H2. The van der Waals surface area contributed by atoms with Gasteiger partial charge in [0.1, 0.15) is 5.75 Å². The highest BCUT2D eigenvalue weighted by Gasteiger charge is 2.10. The third-order valence-electron chi connectivity index (χ3n) is 3.13. The molecule has 0 heterocycles. The molecule has 4 nitrogen and oxygen atoms in total. The van der Waals surface area contributed by atoms with Gasteiger partial charge in [-0.1, -0.05) is 55.1 Å². The zero-order valence-corrected chi connectivity index (χ0v) is 12.7. The van der Waals surface area contributed by atoms with Crippen molar-refractivity contribution in [2.75, 3.05) is 6.61 Å². The van der Waals surface area contributed by atoms with Crippen LogP contribution in [0.3, 0.4) is 0 Å². The Morgan fingerprint density at radius 2 is 1.70 bits per heavy atom. The van der Waals surface area contributed by atoms with Crippen molar-refractivity contribution in [1.82, 2.24) is 0 Å². The number of carbonyl (C=O) groups is 2. The van der Waals surface area contributed by atoms with Crippen LogP contribution in [0.4, 0.5) is 0 Å². The Morgan fingerprint density at radius 3 is 2.43 bits per heavy atom. The van der Waals surface area contributed by atoms with Crippen LogP contribution in [0.25, 0.3) is 11.1 Å². The van der Waals surface area contributed by atoms with Crippen molar-refractivity contribution in [3.8, 4) is 16.9 Å². The van der Waals surface area contributed by atoms with Gasteiger partial charge in [-0.3, -0.25) is 4.79 Å². The molecular formula is C19H18O4. The van der Waals surface area contributed by atoms with E-state index < -0.39 is 5.97 Å². The summed E-state index contributed by atoms with van der Waals surface area (Å²) in [5, 5.41) is 0. The van der Waals surface area contributed by atoms with E-state index in [0.29, 0.717) is 12.2 Å². The molecule has 4 heteroatoms. The summed E-state index contributed by atoms with van der Waals surface area (Å²) >= 11 is 0. The van der Waals surface area contributed by atoms with Crippen molar-refractivity contribution >= 4 is 11.9 Å². The maximum absolute atomic E-state index is 11.9. The predicted molar refractivity (Wildman–Crippen MR) is 87.9 cm³/mol. The lowest BCUT2D eigenvalue weighted by Crippen LogP contribution is -2.10. The van der Waals surface area contributed by atoms with E-state index in [-0.39, 0.29) is 19.0 Å². The Bertz CT molecular complexity index is 677. The van der Waals surface area contributed by atoms with Crippen LogP contribution in [-0.2, 0) is 14.3 Å². The predicted octanol–water partition coefficient (Wildman–Crippen LogP) is 3.77. The van der Waals surface area contributed by atoms with Gasteiger partial charge in [0.25, 0.3) is 0 Å². The smallest absolute Gasteiger partial charge is 0.330 e. The molecule has 0 fully saturated rings. The summed E-state index contributed by atoms with van der Waals surface area (Å²) in [6.45, 7) is 3.47. The minimum Gasteiger partial charge on any atom is -0.463 e. The van der Waals surface area contributed by atoms with Gasteiger partial charge >= 0.3 is 11.9 Å². The largest absolute Gasteiger partial charge is 0.463 e. The SMILES string of the molecule is C=CC(=O)OCCCC(=O)Oc1ccccc1-c1ccccc1. The fourth-order valence-corrected chi connectivity index (χ4v) is 2.03. The fraction of sp³-hybridized carbons (Fsp3) is 0.158. The number of hydrogen-bond donors (Lipinski definition) is 0. The van der Waals surface area contributed by atoms with Crippen molar-refractivity contribution in [3.05, 3.63) is 67.3 Å². The van der Waals surface area contributed by atoms with E-state index in [1.807, 2.05) is 48.5 Å². The van der Waals surface area contributed by atoms with Crippen LogP contribution in [0, 0.1) is 0 Å². The van der Waals surface area contributed by atoms with E-state index in [0.717, 1.165) is 17.2 Å². The Hall–Kier alpha value is -2.88. The molecule has 0 aliphatic carbocycles. The molecule has 0 bridgehead atoms. The van der Waals surface area contributed by atoms with Crippen LogP contribution in [0.5, 0.6) is 5.75 Å². The summed E-state index contributed by atoms with van der Waals surface area (Å²) in [5.41, 5.74) is 1.84. The number of rotatable bonds is 7. The zero-order valence-electron chi connectivity index (χ0n) is 12.7. The molecule has 2 aromatic carbocycles. The first-order valence-corrected chi connectivity index (χ1v) is 7.35. The molecule has 0 amide bonds. The van der Waals surface area contributed by atoms with E-state index in [2.05, 4.69) is 6.58 Å². The summed E-state index contributed by atoms with van der Waals surface area (Å²) in [7, 11) is 0. The molecule has 0 atom stereocenters. The lowest BCUT2D eigenvalue weighted by atomic mass is 10.1. The summed E-state index contributed by atoms with van der Waals surface area (Å²) in [4.78, 5) is 22.8. The maximum atomic E-state index is 11.9. The molecule has 2 rings (SSSR count). The first kappa shape index (κ1) is 16.5. The van der Waals surface area contributed by atoms with E-state index in [4.69, 9.17) is 9.47 Å². The van der Waals surface area contributed by atoms with Crippen LogP contribution >= 0.6 is 0 Å². The molecule has 2 aromatic rings. The molecule has 0 aliphatic rings. The number of hydrogen-bond acceptors (Lipinski definition) is 4. The van der Waals surface area contributed by atoms with Gasteiger partial charge in [-0.2, -0.15) is 0 Å². The van der Waals surface area contributed by atoms with Gasteiger partial charge in [0.15, 0.2) is 0 Å². The Morgan fingerprint density at radius 1 is 1.00 bits per heavy atom. The van der Waals surface area contributed by atoms with E-state index >= 15 is 0 Å². The number of esters is 2. The fourth-order valence-electron chi connectivity index (χ4n) is 2.03. The normalized spacial score (nSPS) is 9.91. The molecular weight excluding hydrogens is 292 g/mol. The van der Waals surface area contributed by atoms with Crippen LogP contribution in [0.1, 0.15) is 12.8 Å². The minimum absolute atomic E-state index is 0.167. The molecule has 23 heavy (non-hydrogen) atoms. The van der Waals surface area contributed by atoms with Crippen molar-refractivity contribution in [2.24, 2.45) is 0 Å². The van der Waals surface area contributed by atoms with Crippen LogP contribution < -0.4 is 4.74 Å². The van der Waals surface area contributed by atoms with E-state index in [9.17, 15) is 9.59 Å². The molecule has 0 spiro atoms. The van der Waals surface area contributed by atoms with Gasteiger partial charge in [0.2, 0.25) is 0 Å². The summed E-state index contributed by atoms with van der Waals surface area (Å²) in [6.07, 6.45) is 1.67. The van der Waals surface area contributed by atoms with Gasteiger partial charge in [-0.15, -0.1) is 0 Å². The van der Waals surface area contributed by atoms with Crippen LogP contribution in [-0.4, -0.2) is 18.5 Å². The van der Waals surface area contributed by atoms with E-state index in [1.54, 1.807) is 6.07 Å². The van der Waals surface area contributed by atoms with Crippen molar-refractivity contribution in [1.29, 1.82) is 0 Å². The summed E-state index contributed by atoms with van der Waals surface area (Å²) < 4.78 is 10.3. The van der Waals surface area contributed by atoms with Gasteiger partial charge < -0.3 is 9.47 Å². The molecule has 0 unspecified atom stereocenters. The second kappa shape index (κ2) is 8.54. The van der Waals surface area contributed by atoms with Gasteiger partial charge in [-0.25, -0.2) is 4.79 Å². The molecule has 118 valence electrons. The Kier molecular flexibility index (Phi) is 6.12.